The normalized spacial score (nSPS) is 11.6. The molecule has 3 rings (SSSR count). The quantitative estimate of drug-likeness (QED) is 0.519. The largest absolute Gasteiger partial charge is 0.484 e. The van der Waals surface area contributed by atoms with Crippen molar-refractivity contribution in [3.8, 4) is 5.75 Å². The van der Waals surface area contributed by atoms with E-state index in [1.54, 1.807) is 31.2 Å². The highest BCUT2D eigenvalue weighted by molar-refractivity contribution is 5.49. The van der Waals surface area contributed by atoms with Crippen molar-refractivity contribution in [1.29, 1.82) is 0 Å². The molecule has 2 aromatic heterocycles. The number of nitrogens with one attached hydrogen (secondary N) is 1. The van der Waals surface area contributed by atoms with Crippen LogP contribution in [0.4, 0.5) is 24.8 Å². The van der Waals surface area contributed by atoms with Crippen LogP contribution < -0.4 is 10.1 Å². The van der Waals surface area contributed by atoms with E-state index < -0.39 is 17.7 Å². The van der Waals surface area contributed by atoms with Gasteiger partial charge in [-0.3, -0.25) is 0 Å². The highest BCUT2D eigenvalue weighted by Crippen LogP contribution is 2.24. The van der Waals surface area contributed by atoms with Crippen molar-refractivity contribution in [3.63, 3.8) is 0 Å². The molecule has 1 aromatic carbocycles. The Kier molecular flexibility index (Phi) is 4.84. The summed E-state index contributed by atoms with van der Waals surface area (Å²) in [6, 6.07) is 8.01. The van der Waals surface area contributed by atoms with Gasteiger partial charge in [0.2, 0.25) is 5.65 Å². The van der Waals surface area contributed by atoms with Gasteiger partial charge in [0, 0.05) is 18.2 Å². The Morgan fingerprint density at radius 1 is 1.30 bits per heavy atom. The number of alkyl halides is 3. The number of nitrogens with zero attached hydrogens (tertiary/aromatic N) is 4. The maximum atomic E-state index is 12.4. The van der Waals surface area contributed by atoms with E-state index in [0.29, 0.717) is 17.0 Å². The Morgan fingerprint density at radius 3 is 2.78 bits per heavy atom. The lowest BCUT2D eigenvalue weighted by atomic mass is 10.1. The van der Waals surface area contributed by atoms with Crippen LogP contribution in [-0.4, -0.2) is 32.3 Å². The van der Waals surface area contributed by atoms with E-state index in [-0.39, 0.29) is 18.1 Å². The van der Waals surface area contributed by atoms with Crippen molar-refractivity contribution in [3.05, 3.63) is 57.8 Å². The SMILES string of the molecule is Cc1ccc(CNc2ccc3ncc([N+](=O)[O-])n3n2)c(OCC(F)(F)F)c1. The number of hydrogen-bond donors (Lipinski definition) is 1. The van der Waals surface area contributed by atoms with Gasteiger partial charge in [-0.25, -0.2) is 4.98 Å². The lowest BCUT2D eigenvalue weighted by Gasteiger charge is -2.14. The van der Waals surface area contributed by atoms with Gasteiger partial charge in [-0.2, -0.15) is 13.2 Å². The van der Waals surface area contributed by atoms with Crippen LogP contribution in [-0.2, 0) is 6.54 Å². The molecule has 11 heteroatoms. The summed E-state index contributed by atoms with van der Waals surface area (Å²) >= 11 is 0. The standard InChI is InChI=1S/C16H14F3N5O3/c1-10-2-3-11(12(6-10)27-9-16(17,18)19)7-20-13-4-5-14-21-8-15(24(25)26)23(14)22-13/h2-6,8H,7,9H2,1H3,(H,20,22). The average molecular weight is 381 g/mol. The number of rotatable bonds is 6. The number of fused-ring (bicyclic) bond motifs is 1. The van der Waals surface area contributed by atoms with Gasteiger partial charge in [0.25, 0.3) is 0 Å². The van der Waals surface area contributed by atoms with Crippen molar-refractivity contribution in [2.45, 2.75) is 19.6 Å². The van der Waals surface area contributed by atoms with Crippen LogP contribution >= 0.6 is 0 Å². The van der Waals surface area contributed by atoms with Crippen LogP contribution in [0.1, 0.15) is 11.1 Å². The lowest BCUT2D eigenvalue weighted by Crippen LogP contribution is -2.20. The highest BCUT2D eigenvalue weighted by atomic mass is 19.4. The van der Waals surface area contributed by atoms with Crippen LogP contribution in [0.15, 0.2) is 36.5 Å². The third-order valence-corrected chi connectivity index (χ3v) is 3.61. The minimum atomic E-state index is -4.44. The zero-order valence-electron chi connectivity index (χ0n) is 14.0. The van der Waals surface area contributed by atoms with E-state index in [2.05, 4.69) is 15.4 Å². The first-order valence-electron chi connectivity index (χ1n) is 7.75. The Hall–Kier alpha value is -3.37. The third-order valence-electron chi connectivity index (χ3n) is 3.61. The number of imidazole rings is 1. The maximum Gasteiger partial charge on any atom is 0.422 e. The molecule has 3 aromatic rings. The number of halogens is 3. The van der Waals surface area contributed by atoms with Crippen molar-refractivity contribution < 1.29 is 22.8 Å². The molecule has 0 spiro atoms. The molecule has 0 aliphatic carbocycles. The fourth-order valence-electron chi connectivity index (χ4n) is 2.37. The summed E-state index contributed by atoms with van der Waals surface area (Å²) in [6.07, 6.45) is -3.35. The molecule has 0 bridgehead atoms. The molecule has 0 radical (unpaired) electrons. The summed E-state index contributed by atoms with van der Waals surface area (Å²) in [7, 11) is 0. The number of nitro groups is 1. The van der Waals surface area contributed by atoms with Crippen LogP contribution in [0, 0.1) is 17.0 Å². The van der Waals surface area contributed by atoms with Gasteiger partial charge in [0.05, 0.1) is 0 Å². The van der Waals surface area contributed by atoms with Crippen LogP contribution in [0.3, 0.4) is 0 Å². The molecule has 0 saturated heterocycles. The number of anilines is 1. The molecule has 0 atom stereocenters. The van der Waals surface area contributed by atoms with Gasteiger partial charge in [-0.15, -0.1) is 0 Å². The van der Waals surface area contributed by atoms with Crippen LogP contribution in [0.5, 0.6) is 5.75 Å². The molecule has 0 amide bonds. The van der Waals surface area contributed by atoms with E-state index in [0.717, 1.165) is 16.3 Å². The second-order valence-corrected chi connectivity index (χ2v) is 5.73. The van der Waals surface area contributed by atoms with Crippen molar-refractivity contribution >= 4 is 17.3 Å². The smallest absolute Gasteiger partial charge is 0.422 e. The monoisotopic (exact) mass is 381 g/mol. The zero-order chi connectivity index (χ0) is 19.6. The summed E-state index contributed by atoms with van der Waals surface area (Å²) in [6.45, 7) is 0.467. The van der Waals surface area contributed by atoms with Gasteiger partial charge in [-0.1, -0.05) is 21.7 Å². The fraction of sp³-hybridized carbons (Fsp3) is 0.250. The van der Waals surface area contributed by atoms with Gasteiger partial charge in [0.1, 0.15) is 11.9 Å². The molecule has 1 N–H and O–H groups in total. The van der Waals surface area contributed by atoms with Crippen molar-refractivity contribution in [2.75, 3.05) is 11.9 Å². The summed E-state index contributed by atoms with van der Waals surface area (Å²) in [5, 5.41) is 18.0. The Balaban J connectivity index is 1.79. The molecule has 27 heavy (non-hydrogen) atoms. The minimum Gasteiger partial charge on any atom is -0.484 e. The summed E-state index contributed by atoms with van der Waals surface area (Å²) in [5.74, 6) is 0.110. The molecule has 2 heterocycles. The van der Waals surface area contributed by atoms with E-state index in [1.165, 1.54) is 6.07 Å². The summed E-state index contributed by atoms with van der Waals surface area (Å²) < 4.78 is 43.2. The molecule has 0 unspecified atom stereocenters. The highest BCUT2D eigenvalue weighted by Gasteiger charge is 2.28. The first-order valence-corrected chi connectivity index (χ1v) is 7.75. The number of aromatic nitrogens is 3. The van der Waals surface area contributed by atoms with E-state index in [9.17, 15) is 23.3 Å². The van der Waals surface area contributed by atoms with Gasteiger partial charge >= 0.3 is 12.0 Å². The molecular weight excluding hydrogens is 367 g/mol. The summed E-state index contributed by atoms with van der Waals surface area (Å²) in [5.41, 5.74) is 1.55. The molecule has 142 valence electrons. The van der Waals surface area contributed by atoms with Crippen LogP contribution in [0.2, 0.25) is 0 Å². The minimum absolute atomic E-state index is 0.106. The first kappa shape index (κ1) is 18.4. The van der Waals surface area contributed by atoms with Crippen molar-refractivity contribution in [1.82, 2.24) is 14.6 Å². The Bertz CT molecular complexity index is 987. The fourth-order valence-corrected chi connectivity index (χ4v) is 2.37. The number of benzene rings is 1. The Labute approximate surface area is 150 Å². The second kappa shape index (κ2) is 7.09. The molecule has 0 aliphatic rings. The second-order valence-electron chi connectivity index (χ2n) is 5.73. The molecule has 0 fully saturated rings. The van der Waals surface area contributed by atoms with Gasteiger partial charge in [0.15, 0.2) is 12.4 Å². The van der Waals surface area contributed by atoms with Gasteiger partial charge < -0.3 is 20.2 Å². The molecule has 0 aliphatic heterocycles. The lowest BCUT2D eigenvalue weighted by molar-refractivity contribution is -0.391. The van der Waals surface area contributed by atoms with E-state index >= 15 is 0 Å². The Morgan fingerprint density at radius 2 is 2.07 bits per heavy atom. The topological polar surface area (TPSA) is 94.6 Å². The summed E-state index contributed by atoms with van der Waals surface area (Å²) in [4.78, 5) is 14.2. The van der Waals surface area contributed by atoms with Gasteiger partial charge in [-0.05, 0) is 29.5 Å². The predicted molar refractivity (Wildman–Crippen MR) is 89.7 cm³/mol. The van der Waals surface area contributed by atoms with Crippen molar-refractivity contribution in [2.24, 2.45) is 0 Å². The number of ether oxygens (including phenoxy) is 1. The number of aryl methyl sites for hydroxylation is 1. The molecule has 0 saturated carbocycles. The van der Waals surface area contributed by atoms with Crippen LogP contribution in [0.25, 0.3) is 5.65 Å². The third kappa shape index (κ3) is 4.43. The number of hydrogen-bond acceptors (Lipinski definition) is 6. The first-order chi connectivity index (χ1) is 12.7. The van der Waals surface area contributed by atoms with E-state index in [4.69, 9.17) is 4.74 Å². The molecule has 8 nitrogen and oxygen atoms in total. The van der Waals surface area contributed by atoms with E-state index in [1.807, 2.05) is 0 Å². The molecular formula is C16H14F3N5O3. The average Bonchev–Trinajstić information content (AvgIpc) is 3.02. The predicted octanol–water partition coefficient (Wildman–Crippen LogP) is 3.50. The maximum absolute atomic E-state index is 12.4. The zero-order valence-corrected chi connectivity index (χ0v) is 14.0.